The van der Waals surface area contributed by atoms with Crippen LogP contribution in [0.25, 0.3) is 11.3 Å². The molecule has 2 aromatic carbocycles. The van der Waals surface area contributed by atoms with Crippen molar-refractivity contribution in [1.29, 1.82) is 10.8 Å². The average molecular weight is 476 g/mol. The van der Waals surface area contributed by atoms with Crippen LogP contribution in [0.5, 0.6) is 0 Å². The van der Waals surface area contributed by atoms with Crippen LogP contribution in [0.1, 0.15) is 68.9 Å². The summed E-state index contributed by atoms with van der Waals surface area (Å²) in [5.41, 5.74) is 3.24. The van der Waals surface area contributed by atoms with Gasteiger partial charge in [-0.25, -0.2) is 4.98 Å². The minimum Gasteiger partial charge on any atom is -0.419 e. The normalized spacial score (nSPS) is 9.89. The fraction of sp³-hybridized carbons (Fsp3) is 0.321. The molecular formula is C28H37N5O2. The molecule has 0 aliphatic heterocycles. The van der Waals surface area contributed by atoms with E-state index in [1.807, 2.05) is 19.9 Å². The van der Waals surface area contributed by atoms with E-state index in [0.29, 0.717) is 35.0 Å². The lowest BCUT2D eigenvalue weighted by Gasteiger charge is -2.11. The van der Waals surface area contributed by atoms with Crippen LogP contribution < -0.4 is 5.32 Å². The minimum atomic E-state index is -0.245. The zero-order valence-electron chi connectivity index (χ0n) is 20.5. The first kappa shape index (κ1) is 29.2. The third-order valence-electron chi connectivity index (χ3n) is 4.52. The van der Waals surface area contributed by atoms with Crippen molar-refractivity contribution in [2.75, 3.05) is 6.54 Å². The van der Waals surface area contributed by atoms with Crippen LogP contribution >= 0.6 is 0 Å². The summed E-state index contributed by atoms with van der Waals surface area (Å²) in [6, 6.07) is 16.0. The summed E-state index contributed by atoms with van der Waals surface area (Å²) in [7, 11) is 0. The standard InChI is InChI=1S/C24H25N5O2.C3H8.CH4/c1-15(2)13-28-24(30)19-11-9-17(10-12-19)20-14-27-16(3)21(29-20)23(26)31-22(25)18-7-5-4-6-8-18;1-3-2;/h4-12,14-15,25-26H,13H2,1-3H3,(H,28,30);3H2,1-2H3;1H4. The Morgan fingerprint density at radius 1 is 0.971 bits per heavy atom. The molecule has 3 rings (SSSR count). The molecule has 0 aliphatic rings. The zero-order chi connectivity index (χ0) is 25.1. The molecule has 0 saturated carbocycles. The highest BCUT2D eigenvalue weighted by Gasteiger charge is 2.15. The number of nitrogens with one attached hydrogen (secondary N) is 3. The van der Waals surface area contributed by atoms with Gasteiger partial charge in [0.15, 0.2) is 0 Å². The predicted octanol–water partition coefficient (Wildman–Crippen LogP) is 6.26. The second-order valence-electron chi connectivity index (χ2n) is 8.20. The number of carbonyl (C=O) groups is 1. The number of hydrogen-bond donors (Lipinski definition) is 3. The number of hydrogen-bond acceptors (Lipinski definition) is 6. The van der Waals surface area contributed by atoms with Gasteiger partial charge < -0.3 is 10.1 Å². The Morgan fingerprint density at radius 3 is 2.14 bits per heavy atom. The first-order chi connectivity index (χ1) is 16.3. The molecule has 0 aliphatic carbocycles. The van der Waals surface area contributed by atoms with Crippen molar-refractivity contribution in [3.05, 3.63) is 83.3 Å². The average Bonchev–Trinajstić information content (AvgIpc) is 2.84. The van der Waals surface area contributed by atoms with Crippen LogP contribution in [-0.2, 0) is 4.74 Å². The van der Waals surface area contributed by atoms with Crippen molar-refractivity contribution in [1.82, 2.24) is 15.3 Å². The second kappa shape index (κ2) is 14.4. The van der Waals surface area contributed by atoms with E-state index in [2.05, 4.69) is 29.1 Å². The molecule has 0 saturated heterocycles. The van der Waals surface area contributed by atoms with Gasteiger partial charge in [0, 0.05) is 23.2 Å². The van der Waals surface area contributed by atoms with E-state index in [1.165, 1.54) is 6.42 Å². The Balaban J connectivity index is 0.00000145. The Hall–Kier alpha value is -3.87. The molecular weight excluding hydrogens is 438 g/mol. The number of rotatable bonds is 6. The molecule has 3 N–H and O–H groups in total. The van der Waals surface area contributed by atoms with E-state index in [0.717, 1.165) is 5.56 Å². The fourth-order valence-electron chi connectivity index (χ4n) is 2.79. The fourth-order valence-corrected chi connectivity index (χ4v) is 2.79. The summed E-state index contributed by atoms with van der Waals surface area (Å²) in [6.07, 6.45) is 2.86. The van der Waals surface area contributed by atoms with E-state index in [-0.39, 0.29) is 30.8 Å². The molecule has 7 heteroatoms. The van der Waals surface area contributed by atoms with E-state index >= 15 is 0 Å². The van der Waals surface area contributed by atoms with Gasteiger partial charge in [0.2, 0.25) is 11.8 Å². The van der Waals surface area contributed by atoms with Gasteiger partial charge in [-0.05, 0) is 37.1 Å². The van der Waals surface area contributed by atoms with Crippen LogP contribution in [0.2, 0.25) is 0 Å². The summed E-state index contributed by atoms with van der Waals surface area (Å²) in [6.45, 7) is 10.7. The molecule has 1 aromatic heterocycles. The Morgan fingerprint density at radius 2 is 1.57 bits per heavy atom. The monoisotopic (exact) mass is 475 g/mol. The first-order valence-corrected chi connectivity index (χ1v) is 11.4. The molecule has 0 unspecified atom stereocenters. The lowest BCUT2D eigenvalue weighted by molar-refractivity contribution is 0.0949. The van der Waals surface area contributed by atoms with Crippen LogP contribution in [0.15, 0.2) is 60.8 Å². The van der Waals surface area contributed by atoms with Gasteiger partial charge in [-0.15, -0.1) is 0 Å². The zero-order valence-corrected chi connectivity index (χ0v) is 20.5. The van der Waals surface area contributed by atoms with E-state index < -0.39 is 0 Å². The quantitative estimate of drug-likeness (QED) is 0.288. The molecule has 1 amide bonds. The van der Waals surface area contributed by atoms with Gasteiger partial charge in [0.05, 0.1) is 17.6 Å². The lowest BCUT2D eigenvalue weighted by Crippen LogP contribution is -2.27. The maximum absolute atomic E-state index is 12.2. The van der Waals surface area contributed by atoms with E-state index in [1.54, 1.807) is 61.7 Å². The van der Waals surface area contributed by atoms with Crippen molar-refractivity contribution in [2.24, 2.45) is 5.92 Å². The summed E-state index contributed by atoms with van der Waals surface area (Å²) in [5, 5.41) is 19.2. The third kappa shape index (κ3) is 8.77. The van der Waals surface area contributed by atoms with Gasteiger partial charge >= 0.3 is 0 Å². The predicted molar refractivity (Wildman–Crippen MR) is 143 cm³/mol. The summed E-state index contributed by atoms with van der Waals surface area (Å²) >= 11 is 0. The Kier molecular flexibility index (Phi) is 12.0. The van der Waals surface area contributed by atoms with Crippen molar-refractivity contribution in [2.45, 2.75) is 48.5 Å². The minimum absolute atomic E-state index is 0. The number of ether oxygens (including phenoxy) is 1. The first-order valence-electron chi connectivity index (χ1n) is 11.4. The van der Waals surface area contributed by atoms with Crippen molar-refractivity contribution in [3.63, 3.8) is 0 Å². The molecule has 0 fully saturated rings. The van der Waals surface area contributed by atoms with Gasteiger partial charge in [-0.3, -0.25) is 20.6 Å². The van der Waals surface area contributed by atoms with Crippen LogP contribution in [0.3, 0.4) is 0 Å². The molecule has 35 heavy (non-hydrogen) atoms. The molecule has 0 atom stereocenters. The molecule has 0 radical (unpaired) electrons. The molecule has 0 bridgehead atoms. The lowest BCUT2D eigenvalue weighted by atomic mass is 10.1. The molecule has 3 aromatic rings. The molecule has 7 nitrogen and oxygen atoms in total. The molecule has 186 valence electrons. The highest BCUT2D eigenvalue weighted by molar-refractivity contribution is 6.04. The second-order valence-corrected chi connectivity index (χ2v) is 8.20. The summed E-state index contributed by atoms with van der Waals surface area (Å²) in [4.78, 5) is 21.0. The highest BCUT2D eigenvalue weighted by Crippen LogP contribution is 2.19. The van der Waals surface area contributed by atoms with Crippen molar-refractivity contribution < 1.29 is 9.53 Å². The number of carbonyl (C=O) groups excluding carboxylic acids is 1. The van der Waals surface area contributed by atoms with Crippen molar-refractivity contribution >= 4 is 17.7 Å². The van der Waals surface area contributed by atoms with Crippen LogP contribution in [-0.4, -0.2) is 34.2 Å². The highest BCUT2D eigenvalue weighted by atomic mass is 16.5. The summed E-state index contributed by atoms with van der Waals surface area (Å²) in [5.74, 6) is -0.115. The topological polar surface area (TPSA) is 112 Å². The summed E-state index contributed by atoms with van der Waals surface area (Å²) < 4.78 is 5.40. The SMILES string of the molecule is C.CCC.Cc1ncc(-c2ccc(C(=O)NCC(C)C)cc2)nc1C(=N)OC(=N)c1ccccc1. The largest absolute Gasteiger partial charge is 0.419 e. The molecule has 1 heterocycles. The number of aryl methyl sites for hydroxylation is 1. The van der Waals surface area contributed by atoms with Gasteiger partial charge in [0.25, 0.3) is 5.91 Å². The van der Waals surface area contributed by atoms with Crippen molar-refractivity contribution in [3.8, 4) is 11.3 Å². The van der Waals surface area contributed by atoms with Crippen LogP contribution in [0.4, 0.5) is 0 Å². The Labute approximate surface area is 209 Å². The third-order valence-corrected chi connectivity index (χ3v) is 4.52. The number of benzene rings is 2. The van der Waals surface area contributed by atoms with E-state index in [4.69, 9.17) is 15.6 Å². The van der Waals surface area contributed by atoms with Gasteiger partial charge in [-0.2, -0.15) is 0 Å². The number of amides is 1. The van der Waals surface area contributed by atoms with Gasteiger partial charge in [0.1, 0.15) is 5.69 Å². The maximum atomic E-state index is 12.2. The number of nitrogens with zero attached hydrogens (tertiary/aromatic N) is 2. The van der Waals surface area contributed by atoms with Crippen LogP contribution in [0, 0.1) is 23.7 Å². The maximum Gasteiger partial charge on any atom is 0.251 e. The smallest absolute Gasteiger partial charge is 0.251 e. The van der Waals surface area contributed by atoms with Gasteiger partial charge in [-0.1, -0.05) is 71.9 Å². The van der Waals surface area contributed by atoms with E-state index in [9.17, 15) is 4.79 Å². The Bertz CT molecular complexity index is 1110. The number of aromatic nitrogens is 2. The molecule has 0 spiro atoms.